The highest BCUT2D eigenvalue weighted by Gasteiger charge is 2.19. The van der Waals surface area contributed by atoms with Crippen molar-refractivity contribution in [3.63, 3.8) is 0 Å². The number of likely N-dealkylation sites (tertiary alicyclic amines) is 1. The monoisotopic (exact) mass is 247 g/mol. The first-order valence-electron chi connectivity index (χ1n) is 7.13. The van der Waals surface area contributed by atoms with Crippen LogP contribution in [0.1, 0.15) is 49.1 Å². The minimum atomic E-state index is 0.252. The minimum Gasteiger partial charge on any atom is -0.396 e. The SMILES string of the molecule is CCC(CO)c1ccc(C2CCCN(C)C2)cc1. The van der Waals surface area contributed by atoms with E-state index in [0.717, 1.165) is 6.42 Å². The van der Waals surface area contributed by atoms with Crippen molar-refractivity contribution >= 4 is 0 Å². The molecule has 0 radical (unpaired) electrons. The lowest BCUT2D eigenvalue weighted by molar-refractivity contribution is 0.250. The number of hydrogen-bond donors (Lipinski definition) is 1. The van der Waals surface area contributed by atoms with Crippen molar-refractivity contribution in [3.05, 3.63) is 35.4 Å². The molecule has 0 aromatic heterocycles. The standard InChI is InChI=1S/C16H25NO/c1-3-13(12-18)14-6-8-15(9-7-14)16-5-4-10-17(2)11-16/h6-9,13,16,18H,3-5,10-12H2,1-2H3. The molecule has 1 heterocycles. The van der Waals surface area contributed by atoms with Crippen molar-refractivity contribution in [2.45, 2.75) is 38.0 Å². The van der Waals surface area contributed by atoms with Gasteiger partial charge < -0.3 is 10.0 Å². The van der Waals surface area contributed by atoms with Gasteiger partial charge in [0, 0.05) is 19.1 Å². The van der Waals surface area contributed by atoms with Gasteiger partial charge in [-0.15, -0.1) is 0 Å². The van der Waals surface area contributed by atoms with Gasteiger partial charge in [-0.25, -0.2) is 0 Å². The van der Waals surface area contributed by atoms with Crippen LogP contribution in [0, 0.1) is 0 Å². The fourth-order valence-electron chi connectivity index (χ4n) is 2.95. The zero-order chi connectivity index (χ0) is 13.0. The van der Waals surface area contributed by atoms with E-state index >= 15 is 0 Å². The van der Waals surface area contributed by atoms with Gasteiger partial charge in [0.25, 0.3) is 0 Å². The first kappa shape index (κ1) is 13.6. The summed E-state index contributed by atoms with van der Waals surface area (Å²) in [5, 5.41) is 9.33. The Balaban J connectivity index is 2.07. The van der Waals surface area contributed by atoms with E-state index in [1.807, 2.05) is 0 Å². The first-order valence-corrected chi connectivity index (χ1v) is 7.13. The number of aliphatic hydroxyl groups is 1. The van der Waals surface area contributed by atoms with E-state index < -0.39 is 0 Å². The molecule has 1 aliphatic rings. The highest BCUT2D eigenvalue weighted by Crippen LogP contribution is 2.28. The minimum absolute atomic E-state index is 0.252. The van der Waals surface area contributed by atoms with Crippen LogP contribution in [0.25, 0.3) is 0 Å². The second kappa shape index (κ2) is 6.35. The van der Waals surface area contributed by atoms with E-state index in [1.54, 1.807) is 0 Å². The van der Waals surface area contributed by atoms with Crippen molar-refractivity contribution in [2.75, 3.05) is 26.7 Å². The van der Waals surface area contributed by atoms with Gasteiger partial charge >= 0.3 is 0 Å². The molecule has 0 spiro atoms. The Labute approximate surface area is 111 Å². The summed E-state index contributed by atoms with van der Waals surface area (Å²) in [6, 6.07) is 8.93. The highest BCUT2D eigenvalue weighted by atomic mass is 16.3. The summed E-state index contributed by atoms with van der Waals surface area (Å²) in [4.78, 5) is 2.42. The molecule has 0 aliphatic carbocycles. The van der Waals surface area contributed by atoms with Gasteiger partial charge in [0.15, 0.2) is 0 Å². The smallest absolute Gasteiger partial charge is 0.0499 e. The van der Waals surface area contributed by atoms with Crippen LogP contribution in [-0.4, -0.2) is 36.8 Å². The summed E-state index contributed by atoms with van der Waals surface area (Å²) in [5.41, 5.74) is 2.73. The summed E-state index contributed by atoms with van der Waals surface area (Å²) in [5.74, 6) is 0.986. The second-order valence-electron chi connectivity index (χ2n) is 5.56. The van der Waals surface area contributed by atoms with Crippen LogP contribution >= 0.6 is 0 Å². The Hall–Kier alpha value is -0.860. The zero-order valence-electron chi connectivity index (χ0n) is 11.6. The van der Waals surface area contributed by atoms with Crippen molar-refractivity contribution in [1.82, 2.24) is 4.90 Å². The molecule has 2 nitrogen and oxygen atoms in total. The van der Waals surface area contributed by atoms with Gasteiger partial charge in [0.05, 0.1) is 0 Å². The number of piperidine rings is 1. The molecule has 1 saturated heterocycles. The lowest BCUT2D eigenvalue weighted by atomic mass is 9.88. The van der Waals surface area contributed by atoms with Crippen LogP contribution < -0.4 is 0 Å². The molecule has 1 aliphatic heterocycles. The maximum absolute atomic E-state index is 9.33. The highest BCUT2D eigenvalue weighted by molar-refractivity contribution is 5.28. The molecule has 0 bridgehead atoms. The Morgan fingerprint density at radius 2 is 2.06 bits per heavy atom. The molecule has 0 amide bonds. The van der Waals surface area contributed by atoms with E-state index in [-0.39, 0.29) is 6.61 Å². The number of benzene rings is 1. The predicted octanol–water partition coefficient (Wildman–Crippen LogP) is 2.98. The molecule has 18 heavy (non-hydrogen) atoms. The number of rotatable bonds is 4. The lowest BCUT2D eigenvalue weighted by Gasteiger charge is -2.30. The zero-order valence-corrected chi connectivity index (χ0v) is 11.6. The Bertz CT molecular complexity index is 356. The normalized spacial score (nSPS) is 22.9. The molecule has 2 rings (SSSR count). The molecule has 1 aromatic rings. The van der Waals surface area contributed by atoms with E-state index in [1.165, 1.54) is 37.1 Å². The molecular weight excluding hydrogens is 222 g/mol. The Kier molecular flexibility index (Phi) is 4.79. The predicted molar refractivity (Wildman–Crippen MR) is 76.0 cm³/mol. The van der Waals surface area contributed by atoms with Crippen molar-refractivity contribution in [2.24, 2.45) is 0 Å². The van der Waals surface area contributed by atoms with Gasteiger partial charge in [-0.3, -0.25) is 0 Å². The summed E-state index contributed by atoms with van der Waals surface area (Å²) >= 11 is 0. The van der Waals surface area contributed by atoms with E-state index in [9.17, 15) is 5.11 Å². The molecule has 1 aromatic carbocycles. The van der Waals surface area contributed by atoms with Gasteiger partial charge in [-0.2, -0.15) is 0 Å². The number of hydrogen-bond acceptors (Lipinski definition) is 2. The molecule has 2 unspecified atom stereocenters. The van der Waals surface area contributed by atoms with Crippen LogP contribution in [0.5, 0.6) is 0 Å². The molecule has 1 fully saturated rings. The fraction of sp³-hybridized carbons (Fsp3) is 0.625. The van der Waals surface area contributed by atoms with Gasteiger partial charge in [-0.1, -0.05) is 31.2 Å². The third-order valence-corrected chi connectivity index (χ3v) is 4.22. The van der Waals surface area contributed by atoms with E-state index in [2.05, 4.69) is 43.1 Å². The summed E-state index contributed by atoms with van der Waals surface area (Å²) < 4.78 is 0. The van der Waals surface area contributed by atoms with E-state index in [0.29, 0.717) is 11.8 Å². The summed E-state index contributed by atoms with van der Waals surface area (Å²) in [6.07, 6.45) is 3.61. The average Bonchev–Trinajstić information content (AvgIpc) is 2.41. The number of likely N-dealkylation sites (N-methyl/N-ethyl adjacent to an activating group) is 1. The van der Waals surface area contributed by atoms with Crippen LogP contribution in [0.4, 0.5) is 0 Å². The maximum atomic E-state index is 9.33. The van der Waals surface area contributed by atoms with Crippen LogP contribution in [0.15, 0.2) is 24.3 Å². The average molecular weight is 247 g/mol. The third kappa shape index (κ3) is 3.12. The van der Waals surface area contributed by atoms with Gasteiger partial charge in [0.2, 0.25) is 0 Å². The largest absolute Gasteiger partial charge is 0.396 e. The van der Waals surface area contributed by atoms with Crippen molar-refractivity contribution < 1.29 is 5.11 Å². The third-order valence-electron chi connectivity index (χ3n) is 4.22. The molecule has 2 atom stereocenters. The maximum Gasteiger partial charge on any atom is 0.0499 e. The quantitative estimate of drug-likeness (QED) is 0.884. The van der Waals surface area contributed by atoms with Gasteiger partial charge in [0.1, 0.15) is 0 Å². The van der Waals surface area contributed by atoms with Crippen LogP contribution in [0.2, 0.25) is 0 Å². The fourth-order valence-corrected chi connectivity index (χ4v) is 2.95. The first-order chi connectivity index (χ1) is 8.74. The van der Waals surface area contributed by atoms with Crippen molar-refractivity contribution in [3.8, 4) is 0 Å². The van der Waals surface area contributed by atoms with E-state index in [4.69, 9.17) is 0 Å². The van der Waals surface area contributed by atoms with Gasteiger partial charge in [-0.05, 0) is 49.9 Å². The van der Waals surface area contributed by atoms with Crippen LogP contribution in [0.3, 0.4) is 0 Å². The molecule has 0 saturated carbocycles. The topological polar surface area (TPSA) is 23.5 Å². The Morgan fingerprint density at radius 3 is 2.61 bits per heavy atom. The molecule has 2 heteroatoms. The molecular formula is C16H25NO. The van der Waals surface area contributed by atoms with Crippen molar-refractivity contribution in [1.29, 1.82) is 0 Å². The number of nitrogens with zero attached hydrogens (tertiary/aromatic N) is 1. The lowest BCUT2D eigenvalue weighted by Crippen LogP contribution is -2.30. The molecule has 1 N–H and O–H groups in total. The second-order valence-corrected chi connectivity index (χ2v) is 5.56. The summed E-state index contributed by atoms with van der Waals surface area (Å²) in [7, 11) is 2.21. The Morgan fingerprint density at radius 1 is 1.33 bits per heavy atom. The number of aliphatic hydroxyl groups excluding tert-OH is 1. The molecule has 100 valence electrons. The van der Waals surface area contributed by atoms with Crippen LogP contribution in [-0.2, 0) is 0 Å². The summed E-state index contributed by atoms with van der Waals surface area (Å²) in [6.45, 7) is 4.79.